The predicted molar refractivity (Wildman–Crippen MR) is 140 cm³/mol. The van der Waals surface area contributed by atoms with Crippen LogP contribution >= 0.6 is 0 Å². The third-order valence-corrected chi connectivity index (χ3v) is 6.81. The normalized spacial score (nSPS) is 13.2. The van der Waals surface area contributed by atoms with Gasteiger partial charge in [0, 0.05) is 22.8 Å². The van der Waals surface area contributed by atoms with E-state index in [9.17, 15) is 5.53 Å². The first-order valence-electron chi connectivity index (χ1n) is 12.7. The Labute approximate surface area is 208 Å². The quantitative estimate of drug-likeness (QED) is 0.222. The Kier molecular flexibility index (Phi) is 12.4. The van der Waals surface area contributed by atoms with Crippen molar-refractivity contribution in [3.8, 4) is 0 Å². The van der Waals surface area contributed by atoms with E-state index < -0.39 is 0 Å². The Bertz CT molecular complexity index is 953. The first-order chi connectivity index (χ1) is 16.1. The van der Waals surface area contributed by atoms with Crippen LogP contribution in [0.2, 0.25) is 10.8 Å². The van der Waals surface area contributed by atoms with E-state index in [4.69, 9.17) is 0 Å². The van der Waals surface area contributed by atoms with E-state index in [1.165, 1.54) is 45.0 Å². The van der Waals surface area contributed by atoms with Crippen molar-refractivity contribution in [1.29, 1.82) is 0 Å². The molecule has 0 fully saturated rings. The van der Waals surface area contributed by atoms with E-state index in [-0.39, 0.29) is 0 Å². The maximum absolute atomic E-state index is 11.2. The molecule has 0 aliphatic carbocycles. The van der Waals surface area contributed by atoms with Gasteiger partial charge in [0.1, 0.15) is 0 Å². The first-order valence-corrected chi connectivity index (χ1v) is 14.1. The molecule has 2 aromatic carbocycles. The molecule has 2 aromatic rings. The topological polar surface area (TPSA) is 25.3 Å². The molecule has 0 spiro atoms. The van der Waals surface area contributed by atoms with Crippen LogP contribution in [0.25, 0.3) is 16.9 Å². The summed E-state index contributed by atoms with van der Waals surface area (Å²) >= 11 is 1.82. The van der Waals surface area contributed by atoms with Crippen LogP contribution in [0.3, 0.4) is 0 Å². The molecule has 0 radical (unpaired) electrons. The SMILES string of the molecule is CCCCC1=C(c2cccc(CCCC)c2)[N+](=[N-])C(c2cccc(CC)c2)=C1.C[CH2][Ni][CH2]C. The van der Waals surface area contributed by atoms with E-state index >= 15 is 0 Å². The molecule has 3 heteroatoms. The molecule has 0 unspecified atom stereocenters. The van der Waals surface area contributed by atoms with Crippen LogP contribution in [-0.2, 0) is 27.3 Å². The second-order valence-electron chi connectivity index (χ2n) is 8.28. The van der Waals surface area contributed by atoms with Crippen molar-refractivity contribution in [3.05, 3.63) is 88.0 Å². The standard InChI is InChI=1S/C26H32N2.2C2H5.Ni/c1-4-7-11-21-13-10-16-23(18-21)26-24(14-8-5-2)19-25(28(26)27)22-15-9-12-20(6-3)17-22;2*1-2;/h9-10,12-13,15-19H,4-8,11,14H2,1-3H3;2*1H2,2H3;. The summed E-state index contributed by atoms with van der Waals surface area (Å²) in [6, 6.07) is 17.2. The van der Waals surface area contributed by atoms with Gasteiger partial charge < -0.3 is 5.53 Å². The Balaban J connectivity index is 0.000000696. The fourth-order valence-corrected chi connectivity index (χ4v) is 4.48. The third kappa shape index (κ3) is 8.07. The average molecular weight is 489 g/mol. The Morgan fingerprint density at radius 2 is 1.36 bits per heavy atom. The van der Waals surface area contributed by atoms with Crippen molar-refractivity contribution in [2.24, 2.45) is 0 Å². The molecule has 0 saturated carbocycles. The molecule has 0 bridgehead atoms. The zero-order valence-corrected chi connectivity index (χ0v) is 22.3. The van der Waals surface area contributed by atoms with Crippen LogP contribution in [-0.4, -0.2) is 4.70 Å². The second-order valence-corrected chi connectivity index (χ2v) is 10.2. The van der Waals surface area contributed by atoms with Gasteiger partial charge in [0.2, 0.25) is 11.4 Å². The van der Waals surface area contributed by atoms with Gasteiger partial charge in [-0.05, 0) is 67.5 Å². The van der Waals surface area contributed by atoms with E-state index in [1.54, 1.807) is 0 Å². The number of hydrogen-bond acceptors (Lipinski definition) is 0. The monoisotopic (exact) mass is 488 g/mol. The van der Waals surface area contributed by atoms with Crippen molar-refractivity contribution in [1.82, 2.24) is 0 Å². The maximum atomic E-state index is 11.2. The molecule has 182 valence electrons. The van der Waals surface area contributed by atoms with Crippen LogP contribution in [0, 0.1) is 0 Å². The van der Waals surface area contributed by atoms with Gasteiger partial charge >= 0.3 is 39.1 Å². The molecule has 2 nitrogen and oxygen atoms in total. The van der Waals surface area contributed by atoms with Gasteiger partial charge in [0.25, 0.3) is 0 Å². The molecule has 0 saturated heterocycles. The van der Waals surface area contributed by atoms with Crippen LogP contribution < -0.4 is 0 Å². The van der Waals surface area contributed by atoms with Gasteiger partial charge in [-0.25, -0.2) is 4.70 Å². The molecule has 0 atom stereocenters. The Hall–Kier alpha value is -1.99. The first kappa shape index (κ1) is 27.3. The molecule has 1 aliphatic rings. The van der Waals surface area contributed by atoms with Gasteiger partial charge in [-0.15, -0.1) is 0 Å². The summed E-state index contributed by atoms with van der Waals surface area (Å²) < 4.78 is 1.42. The zero-order valence-electron chi connectivity index (χ0n) is 21.3. The number of unbranched alkanes of at least 4 members (excludes halogenated alkanes) is 2. The van der Waals surface area contributed by atoms with Crippen molar-refractivity contribution in [2.45, 2.75) is 90.3 Å². The van der Waals surface area contributed by atoms with Gasteiger partial charge in [0.05, 0.1) is 0 Å². The van der Waals surface area contributed by atoms with Gasteiger partial charge in [-0.2, -0.15) is 0 Å². The number of allylic oxidation sites excluding steroid dienone is 2. The molecule has 0 aromatic heterocycles. The molecule has 0 amide bonds. The number of rotatable bonds is 11. The minimum atomic E-state index is 0.885. The van der Waals surface area contributed by atoms with Crippen LogP contribution in [0.15, 0.2) is 60.2 Å². The molecular weight excluding hydrogens is 447 g/mol. The van der Waals surface area contributed by atoms with E-state index in [0.717, 1.165) is 54.6 Å². The van der Waals surface area contributed by atoms with E-state index in [0.29, 0.717) is 0 Å². The minimum absolute atomic E-state index is 0.885. The van der Waals surface area contributed by atoms with Crippen molar-refractivity contribution in [2.75, 3.05) is 0 Å². The Morgan fingerprint density at radius 1 is 0.758 bits per heavy atom. The van der Waals surface area contributed by atoms with Gasteiger partial charge in [0.15, 0.2) is 0 Å². The zero-order chi connectivity index (χ0) is 24.1. The number of aryl methyl sites for hydroxylation is 2. The van der Waals surface area contributed by atoms with E-state index in [1.807, 2.05) is 14.4 Å². The van der Waals surface area contributed by atoms with Crippen LogP contribution in [0.1, 0.15) is 89.0 Å². The summed E-state index contributed by atoms with van der Waals surface area (Å²) in [7, 11) is 0. The van der Waals surface area contributed by atoms with Crippen molar-refractivity contribution < 1.29 is 19.1 Å². The molecule has 1 heterocycles. The van der Waals surface area contributed by atoms with Gasteiger partial charge in [-0.3, -0.25) is 0 Å². The number of benzene rings is 2. The van der Waals surface area contributed by atoms with Crippen LogP contribution in [0.4, 0.5) is 0 Å². The fourth-order valence-electron chi connectivity index (χ4n) is 3.99. The summed E-state index contributed by atoms with van der Waals surface area (Å²) in [5.74, 6) is 0. The second kappa shape index (κ2) is 15.0. The summed E-state index contributed by atoms with van der Waals surface area (Å²) in [5.41, 5.74) is 19.0. The predicted octanol–water partition coefficient (Wildman–Crippen LogP) is 9.53. The summed E-state index contributed by atoms with van der Waals surface area (Å²) in [5, 5.41) is 2.56. The average Bonchev–Trinajstić information content (AvgIpc) is 3.18. The van der Waals surface area contributed by atoms with Crippen molar-refractivity contribution >= 4 is 11.4 Å². The summed E-state index contributed by atoms with van der Waals surface area (Å²) in [6.07, 6.45) is 9.91. The molecule has 3 rings (SSSR count). The fraction of sp³-hybridized carbons (Fsp3) is 0.467. The Morgan fingerprint density at radius 3 is 1.97 bits per heavy atom. The molecule has 1 aliphatic heterocycles. The van der Waals surface area contributed by atoms with Gasteiger partial charge in [-0.1, -0.05) is 57.9 Å². The molecule has 33 heavy (non-hydrogen) atoms. The summed E-state index contributed by atoms with van der Waals surface area (Å²) in [4.78, 5) is 0. The molecular formula is C30H42N2Ni. The number of hydrogen-bond donors (Lipinski definition) is 0. The molecule has 0 N–H and O–H groups in total. The van der Waals surface area contributed by atoms with Crippen LogP contribution in [0.5, 0.6) is 0 Å². The van der Waals surface area contributed by atoms with Crippen molar-refractivity contribution in [3.63, 3.8) is 0 Å². The third-order valence-electron chi connectivity index (χ3n) is 5.82. The summed E-state index contributed by atoms with van der Waals surface area (Å²) in [6.45, 7) is 11.0. The number of nitrogens with zero attached hydrogens (tertiary/aromatic N) is 2. The van der Waals surface area contributed by atoms with E-state index in [2.05, 4.69) is 89.2 Å².